The van der Waals surface area contributed by atoms with E-state index in [0.717, 1.165) is 29.7 Å². The molecule has 4 heteroatoms. The minimum Gasteiger partial charge on any atom is -0.508 e. The molecule has 3 N–H and O–H groups in total. The molecule has 0 aliphatic rings. The molecular weight excluding hydrogens is 298 g/mol. The van der Waals surface area contributed by atoms with Crippen molar-refractivity contribution in [2.45, 2.75) is 25.7 Å². The van der Waals surface area contributed by atoms with E-state index < -0.39 is 0 Å². The first-order valence-corrected chi connectivity index (χ1v) is 7.92. The molecule has 2 aromatic rings. The molecule has 0 spiro atoms. The zero-order chi connectivity index (χ0) is 15.9. The van der Waals surface area contributed by atoms with Crippen molar-refractivity contribution in [3.63, 3.8) is 0 Å². The van der Waals surface area contributed by atoms with E-state index in [1.165, 1.54) is 0 Å². The Hall–Kier alpha value is -1.71. The minimum absolute atomic E-state index is 0.194. The standard InChI is InChI=1S/C18H22ClNO2/c1-2-9-22-18-8-3-13(11-17(18)19)10-15(12-20)14-4-6-16(21)7-5-14/h3-8,11,15,21H,2,9-10,12,20H2,1H3. The third kappa shape index (κ3) is 4.39. The molecule has 0 aliphatic carbocycles. The number of phenolic OH excluding ortho intramolecular Hbond substituents is 1. The van der Waals surface area contributed by atoms with E-state index in [0.29, 0.717) is 18.2 Å². The molecule has 0 radical (unpaired) electrons. The zero-order valence-electron chi connectivity index (χ0n) is 12.8. The van der Waals surface area contributed by atoms with Gasteiger partial charge in [0.2, 0.25) is 0 Å². The summed E-state index contributed by atoms with van der Waals surface area (Å²) in [5, 5.41) is 10.0. The van der Waals surface area contributed by atoms with Gasteiger partial charge in [0.15, 0.2) is 0 Å². The van der Waals surface area contributed by atoms with Gasteiger partial charge in [0.05, 0.1) is 11.6 Å². The number of halogens is 1. The predicted molar refractivity (Wildman–Crippen MR) is 90.8 cm³/mol. The molecule has 2 rings (SSSR count). The Bertz CT molecular complexity index is 599. The number of aromatic hydroxyl groups is 1. The predicted octanol–water partition coefficient (Wildman–Crippen LogP) is 4.12. The van der Waals surface area contributed by atoms with Gasteiger partial charge in [0.25, 0.3) is 0 Å². The molecule has 0 bridgehead atoms. The molecule has 0 heterocycles. The molecule has 1 atom stereocenters. The summed E-state index contributed by atoms with van der Waals surface area (Å²) in [6.07, 6.45) is 1.75. The summed E-state index contributed by atoms with van der Waals surface area (Å²) in [5.74, 6) is 1.18. The lowest BCUT2D eigenvalue weighted by Gasteiger charge is -2.16. The number of hydrogen-bond acceptors (Lipinski definition) is 3. The van der Waals surface area contributed by atoms with Crippen LogP contribution in [-0.4, -0.2) is 18.3 Å². The van der Waals surface area contributed by atoms with Gasteiger partial charge in [-0.1, -0.05) is 36.7 Å². The van der Waals surface area contributed by atoms with Crippen LogP contribution in [-0.2, 0) is 6.42 Å². The Morgan fingerprint density at radius 1 is 1.18 bits per heavy atom. The summed E-state index contributed by atoms with van der Waals surface area (Å²) < 4.78 is 5.59. The monoisotopic (exact) mass is 319 g/mol. The number of rotatable bonds is 7. The Morgan fingerprint density at radius 3 is 2.50 bits per heavy atom. The molecule has 22 heavy (non-hydrogen) atoms. The van der Waals surface area contributed by atoms with Crippen LogP contribution in [0.5, 0.6) is 11.5 Å². The number of nitrogens with two attached hydrogens (primary N) is 1. The fourth-order valence-corrected chi connectivity index (χ4v) is 2.63. The first-order chi connectivity index (χ1) is 10.6. The van der Waals surface area contributed by atoms with Crippen LogP contribution in [0.2, 0.25) is 5.02 Å². The first kappa shape index (κ1) is 16.7. The number of phenols is 1. The van der Waals surface area contributed by atoms with Crippen molar-refractivity contribution in [3.8, 4) is 11.5 Å². The second kappa shape index (κ2) is 8.06. The molecule has 0 saturated heterocycles. The van der Waals surface area contributed by atoms with Crippen molar-refractivity contribution in [1.82, 2.24) is 0 Å². The van der Waals surface area contributed by atoms with Crippen LogP contribution >= 0.6 is 11.6 Å². The lowest BCUT2D eigenvalue weighted by Crippen LogP contribution is -2.15. The van der Waals surface area contributed by atoms with Crippen molar-refractivity contribution >= 4 is 11.6 Å². The summed E-state index contributed by atoms with van der Waals surface area (Å²) >= 11 is 6.27. The fraction of sp³-hybridized carbons (Fsp3) is 0.333. The third-order valence-corrected chi connectivity index (χ3v) is 3.88. The maximum Gasteiger partial charge on any atom is 0.137 e. The van der Waals surface area contributed by atoms with Crippen LogP contribution in [0.15, 0.2) is 42.5 Å². The molecule has 3 nitrogen and oxygen atoms in total. The van der Waals surface area contributed by atoms with E-state index in [1.54, 1.807) is 12.1 Å². The number of hydrogen-bond donors (Lipinski definition) is 2. The molecule has 1 unspecified atom stereocenters. The Morgan fingerprint density at radius 2 is 1.91 bits per heavy atom. The van der Waals surface area contributed by atoms with Crippen molar-refractivity contribution < 1.29 is 9.84 Å². The van der Waals surface area contributed by atoms with Gasteiger partial charge in [-0.15, -0.1) is 0 Å². The highest BCUT2D eigenvalue weighted by atomic mass is 35.5. The molecule has 0 fully saturated rings. The number of ether oxygens (including phenoxy) is 1. The van der Waals surface area contributed by atoms with Gasteiger partial charge in [0.1, 0.15) is 11.5 Å². The van der Waals surface area contributed by atoms with Gasteiger partial charge in [-0.2, -0.15) is 0 Å². The van der Waals surface area contributed by atoms with Gasteiger partial charge in [0, 0.05) is 5.92 Å². The molecule has 0 saturated carbocycles. The summed E-state index contributed by atoms with van der Waals surface area (Å²) in [6, 6.07) is 13.1. The van der Waals surface area contributed by atoms with E-state index in [2.05, 4.69) is 6.92 Å². The smallest absolute Gasteiger partial charge is 0.137 e. The van der Waals surface area contributed by atoms with Gasteiger partial charge >= 0.3 is 0 Å². The first-order valence-electron chi connectivity index (χ1n) is 7.54. The van der Waals surface area contributed by atoms with Crippen molar-refractivity contribution in [2.75, 3.05) is 13.2 Å². The lowest BCUT2D eigenvalue weighted by molar-refractivity contribution is 0.317. The average Bonchev–Trinajstić information content (AvgIpc) is 2.53. The average molecular weight is 320 g/mol. The Kier molecular flexibility index (Phi) is 6.10. The van der Waals surface area contributed by atoms with E-state index >= 15 is 0 Å². The van der Waals surface area contributed by atoms with Crippen LogP contribution in [0.1, 0.15) is 30.4 Å². The van der Waals surface area contributed by atoms with Crippen molar-refractivity contribution in [3.05, 3.63) is 58.6 Å². The molecular formula is C18H22ClNO2. The molecule has 118 valence electrons. The topological polar surface area (TPSA) is 55.5 Å². The van der Waals surface area contributed by atoms with Gasteiger partial charge < -0.3 is 15.6 Å². The van der Waals surface area contributed by atoms with Crippen molar-refractivity contribution in [2.24, 2.45) is 5.73 Å². The van der Waals surface area contributed by atoms with E-state index in [4.69, 9.17) is 22.1 Å². The van der Waals surface area contributed by atoms with Crippen molar-refractivity contribution in [1.29, 1.82) is 0 Å². The van der Waals surface area contributed by atoms with Gasteiger partial charge in [-0.05, 0) is 54.8 Å². The molecule has 2 aromatic carbocycles. The summed E-state index contributed by atoms with van der Waals surface area (Å²) in [4.78, 5) is 0. The quantitative estimate of drug-likeness (QED) is 0.807. The highest BCUT2D eigenvalue weighted by Crippen LogP contribution is 2.28. The summed E-state index contributed by atoms with van der Waals surface area (Å²) in [7, 11) is 0. The second-order valence-electron chi connectivity index (χ2n) is 5.34. The van der Waals surface area contributed by atoms with Crippen LogP contribution < -0.4 is 10.5 Å². The van der Waals surface area contributed by atoms with Crippen LogP contribution in [0, 0.1) is 0 Å². The minimum atomic E-state index is 0.194. The zero-order valence-corrected chi connectivity index (χ0v) is 13.5. The maximum atomic E-state index is 9.38. The number of benzene rings is 2. The summed E-state index contributed by atoms with van der Waals surface area (Å²) in [6.45, 7) is 3.26. The van der Waals surface area contributed by atoms with Crippen LogP contribution in [0.3, 0.4) is 0 Å². The third-order valence-electron chi connectivity index (χ3n) is 3.59. The highest BCUT2D eigenvalue weighted by molar-refractivity contribution is 6.32. The lowest BCUT2D eigenvalue weighted by atomic mass is 9.92. The largest absolute Gasteiger partial charge is 0.508 e. The molecule has 0 aliphatic heterocycles. The molecule has 0 amide bonds. The van der Waals surface area contributed by atoms with Crippen LogP contribution in [0.4, 0.5) is 0 Å². The van der Waals surface area contributed by atoms with E-state index in [-0.39, 0.29) is 11.7 Å². The van der Waals surface area contributed by atoms with Gasteiger partial charge in [-0.25, -0.2) is 0 Å². The van der Waals surface area contributed by atoms with E-state index in [1.807, 2.05) is 30.3 Å². The SMILES string of the molecule is CCCOc1ccc(CC(CN)c2ccc(O)cc2)cc1Cl. The van der Waals surface area contributed by atoms with Crippen LogP contribution in [0.25, 0.3) is 0 Å². The fourth-order valence-electron chi connectivity index (χ4n) is 2.37. The normalized spacial score (nSPS) is 12.1. The highest BCUT2D eigenvalue weighted by Gasteiger charge is 2.12. The van der Waals surface area contributed by atoms with E-state index in [9.17, 15) is 5.11 Å². The van der Waals surface area contributed by atoms with Gasteiger partial charge in [-0.3, -0.25) is 0 Å². The summed E-state index contributed by atoms with van der Waals surface area (Å²) in [5.41, 5.74) is 8.14. The Balaban J connectivity index is 2.10. The molecule has 0 aromatic heterocycles. The maximum absolute atomic E-state index is 9.38. The second-order valence-corrected chi connectivity index (χ2v) is 5.75. The Labute approximate surface area is 136 Å².